The summed E-state index contributed by atoms with van der Waals surface area (Å²) in [7, 11) is 0. The minimum absolute atomic E-state index is 0.126. The summed E-state index contributed by atoms with van der Waals surface area (Å²) in [4.78, 5) is 13.0. The number of hydrogen-bond acceptors (Lipinski definition) is 4. The van der Waals surface area contributed by atoms with Crippen LogP contribution in [0.25, 0.3) is 16.6 Å². The topological polar surface area (TPSA) is 78.2 Å². The van der Waals surface area contributed by atoms with Crippen molar-refractivity contribution in [3.05, 3.63) is 59.7 Å². The van der Waals surface area contributed by atoms with E-state index in [1.807, 2.05) is 48.7 Å². The van der Waals surface area contributed by atoms with Crippen molar-refractivity contribution >= 4 is 28.1 Å². The number of anilines is 1. The predicted octanol–water partition coefficient (Wildman–Crippen LogP) is 2.57. The van der Waals surface area contributed by atoms with Gasteiger partial charge in [-0.05, 0) is 32.0 Å². The lowest BCUT2D eigenvalue weighted by molar-refractivity contribution is 0.0963. The van der Waals surface area contributed by atoms with Crippen molar-refractivity contribution in [3.63, 3.8) is 0 Å². The third-order valence-corrected chi connectivity index (χ3v) is 4.19. The molecule has 6 heteroatoms. The Balaban J connectivity index is 1.92. The molecule has 4 rings (SSSR count). The number of nitrogen functional groups attached to an aromatic ring is 1. The summed E-state index contributed by atoms with van der Waals surface area (Å²) in [5.41, 5.74) is 9.53. The summed E-state index contributed by atoms with van der Waals surface area (Å²) in [5.74, 6) is 0.657. The first-order valence-electron chi connectivity index (χ1n) is 7.29. The van der Waals surface area contributed by atoms with E-state index < -0.39 is 0 Å². The quantitative estimate of drug-likeness (QED) is 0.586. The van der Waals surface area contributed by atoms with Crippen molar-refractivity contribution in [3.8, 4) is 0 Å². The second-order valence-corrected chi connectivity index (χ2v) is 5.55. The number of nitrogens with zero attached hydrogens (tertiary/aromatic N) is 4. The average Bonchev–Trinajstić information content (AvgIpc) is 3.06. The maximum atomic E-state index is 13.0. The van der Waals surface area contributed by atoms with Crippen LogP contribution in [0.2, 0.25) is 0 Å². The highest BCUT2D eigenvalue weighted by molar-refractivity contribution is 6.07. The van der Waals surface area contributed by atoms with Gasteiger partial charge in [0.2, 0.25) is 0 Å². The third-order valence-electron chi connectivity index (χ3n) is 4.19. The van der Waals surface area contributed by atoms with Gasteiger partial charge in [-0.15, -0.1) is 10.2 Å². The van der Waals surface area contributed by atoms with Crippen molar-refractivity contribution in [1.29, 1.82) is 0 Å². The van der Waals surface area contributed by atoms with Gasteiger partial charge in [-0.25, -0.2) is 0 Å². The highest BCUT2D eigenvalue weighted by Gasteiger charge is 2.18. The molecule has 0 radical (unpaired) electrons. The van der Waals surface area contributed by atoms with Crippen LogP contribution in [0.1, 0.15) is 21.9 Å². The van der Waals surface area contributed by atoms with E-state index in [4.69, 9.17) is 5.73 Å². The van der Waals surface area contributed by atoms with E-state index in [2.05, 4.69) is 10.2 Å². The zero-order valence-corrected chi connectivity index (χ0v) is 12.8. The van der Waals surface area contributed by atoms with Crippen LogP contribution in [0.4, 0.5) is 5.69 Å². The molecule has 0 atom stereocenters. The molecule has 0 bridgehead atoms. The summed E-state index contributed by atoms with van der Waals surface area (Å²) in [6.45, 7) is 3.72. The van der Waals surface area contributed by atoms with Crippen LogP contribution < -0.4 is 5.73 Å². The van der Waals surface area contributed by atoms with E-state index in [9.17, 15) is 4.79 Å². The van der Waals surface area contributed by atoms with Crippen LogP contribution in [0.15, 0.2) is 42.6 Å². The molecule has 23 heavy (non-hydrogen) atoms. The monoisotopic (exact) mass is 305 g/mol. The standard InChI is InChI=1S/C17H15N5O/c1-10-16(18)13-5-3-4-6-14(13)22(10)17(23)12-7-8-21-11(2)19-20-15(21)9-12/h3-9H,18H2,1-2H3. The van der Waals surface area contributed by atoms with Gasteiger partial charge in [-0.1, -0.05) is 18.2 Å². The Labute approximate surface area is 132 Å². The molecule has 0 saturated heterocycles. The van der Waals surface area contributed by atoms with E-state index >= 15 is 0 Å². The van der Waals surface area contributed by atoms with E-state index in [-0.39, 0.29) is 5.91 Å². The van der Waals surface area contributed by atoms with Crippen LogP contribution >= 0.6 is 0 Å². The van der Waals surface area contributed by atoms with Crippen LogP contribution in [-0.4, -0.2) is 25.1 Å². The van der Waals surface area contributed by atoms with Gasteiger partial charge < -0.3 is 5.73 Å². The third kappa shape index (κ3) is 1.85. The molecule has 114 valence electrons. The summed E-state index contributed by atoms with van der Waals surface area (Å²) >= 11 is 0. The number of aryl methyl sites for hydroxylation is 1. The molecule has 0 saturated carbocycles. The Morgan fingerprint density at radius 3 is 2.74 bits per heavy atom. The van der Waals surface area contributed by atoms with Gasteiger partial charge in [0.05, 0.1) is 11.2 Å². The minimum Gasteiger partial charge on any atom is -0.397 e. The van der Waals surface area contributed by atoms with Crippen LogP contribution in [0.3, 0.4) is 0 Å². The Kier molecular flexibility index (Phi) is 2.74. The normalized spacial score (nSPS) is 11.4. The molecule has 4 aromatic rings. The molecule has 0 aliphatic rings. The number of carbonyl (C=O) groups is 1. The van der Waals surface area contributed by atoms with Gasteiger partial charge >= 0.3 is 0 Å². The fourth-order valence-corrected chi connectivity index (χ4v) is 2.93. The molecule has 3 heterocycles. The smallest absolute Gasteiger partial charge is 0.262 e. The predicted molar refractivity (Wildman–Crippen MR) is 88.5 cm³/mol. The highest BCUT2D eigenvalue weighted by atomic mass is 16.2. The fourth-order valence-electron chi connectivity index (χ4n) is 2.93. The lowest BCUT2D eigenvalue weighted by atomic mass is 10.2. The first kappa shape index (κ1) is 13.5. The molecule has 0 fully saturated rings. The molecule has 6 nitrogen and oxygen atoms in total. The van der Waals surface area contributed by atoms with Gasteiger partial charge in [0, 0.05) is 22.8 Å². The number of benzene rings is 1. The number of rotatable bonds is 1. The van der Waals surface area contributed by atoms with Gasteiger partial charge in [0.25, 0.3) is 5.91 Å². The SMILES string of the molecule is Cc1c(N)c2ccccc2n1C(=O)c1ccn2c(C)nnc2c1. The first-order chi connectivity index (χ1) is 11.1. The van der Waals surface area contributed by atoms with E-state index in [0.717, 1.165) is 22.4 Å². The van der Waals surface area contributed by atoms with Crippen molar-refractivity contribution < 1.29 is 4.79 Å². The lowest BCUT2D eigenvalue weighted by Crippen LogP contribution is -2.14. The second-order valence-electron chi connectivity index (χ2n) is 5.55. The maximum absolute atomic E-state index is 13.0. The average molecular weight is 305 g/mol. The Bertz CT molecular complexity index is 1070. The Hall–Kier alpha value is -3.15. The zero-order chi connectivity index (χ0) is 16.1. The fraction of sp³-hybridized carbons (Fsp3) is 0.118. The number of para-hydroxylation sites is 1. The number of hydrogen-bond donors (Lipinski definition) is 1. The summed E-state index contributed by atoms with van der Waals surface area (Å²) in [6, 6.07) is 11.2. The summed E-state index contributed by atoms with van der Waals surface area (Å²) in [5, 5.41) is 8.97. The number of nitrogens with two attached hydrogens (primary N) is 1. The molecule has 0 aliphatic heterocycles. The molecule has 0 amide bonds. The molecule has 0 spiro atoms. The van der Waals surface area contributed by atoms with Gasteiger partial charge in [0.15, 0.2) is 5.65 Å². The first-order valence-corrected chi connectivity index (χ1v) is 7.29. The Morgan fingerprint density at radius 1 is 1.13 bits per heavy atom. The minimum atomic E-state index is -0.126. The largest absolute Gasteiger partial charge is 0.397 e. The number of carbonyl (C=O) groups excluding carboxylic acids is 1. The van der Waals surface area contributed by atoms with Gasteiger partial charge in [-0.2, -0.15) is 0 Å². The van der Waals surface area contributed by atoms with Crippen molar-refractivity contribution in [2.75, 3.05) is 5.73 Å². The van der Waals surface area contributed by atoms with Crippen LogP contribution in [-0.2, 0) is 0 Å². The van der Waals surface area contributed by atoms with Crippen molar-refractivity contribution in [1.82, 2.24) is 19.2 Å². The highest BCUT2D eigenvalue weighted by Crippen LogP contribution is 2.28. The molecule has 2 N–H and O–H groups in total. The van der Waals surface area contributed by atoms with Crippen LogP contribution in [0, 0.1) is 13.8 Å². The number of pyridine rings is 1. The number of fused-ring (bicyclic) bond motifs is 2. The molecule has 0 unspecified atom stereocenters. The summed E-state index contributed by atoms with van der Waals surface area (Å²) < 4.78 is 3.49. The van der Waals surface area contributed by atoms with E-state index in [1.54, 1.807) is 16.7 Å². The Morgan fingerprint density at radius 2 is 1.91 bits per heavy atom. The zero-order valence-electron chi connectivity index (χ0n) is 12.8. The van der Waals surface area contributed by atoms with Gasteiger partial charge in [0.1, 0.15) is 5.82 Å². The van der Waals surface area contributed by atoms with E-state index in [0.29, 0.717) is 16.9 Å². The summed E-state index contributed by atoms with van der Waals surface area (Å²) in [6.07, 6.45) is 1.81. The molecular formula is C17H15N5O. The molecule has 0 aliphatic carbocycles. The second kappa shape index (κ2) is 4.67. The maximum Gasteiger partial charge on any atom is 0.262 e. The molecule has 3 aromatic heterocycles. The number of aromatic nitrogens is 4. The van der Waals surface area contributed by atoms with E-state index in [1.165, 1.54) is 0 Å². The van der Waals surface area contributed by atoms with Crippen molar-refractivity contribution in [2.45, 2.75) is 13.8 Å². The molecule has 1 aromatic carbocycles. The van der Waals surface area contributed by atoms with Crippen molar-refractivity contribution in [2.24, 2.45) is 0 Å². The molecular weight excluding hydrogens is 290 g/mol. The van der Waals surface area contributed by atoms with Gasteiger partial charge in [-0.3, -0.25) is 13.8 Å². The van der Waals surface area contributed by atoms with Crippen LogP contribution in [0.5, 0.6) is 0 Å². The lowest BCUT2D eigenvalue weighted by Gasteiger charge is -2.07.